The average molecular weight is 286 g/mol. The molecule has 2 aromatic heterocycles. The first kappa shape index (κ1) is 14.5. The Kier molecular flexibility index (Phi) is 4.50. The van der Waals surface area contributed by atoms with Gasteiger partial charge in [-0.1, -0.05) is 12.1 Å². The Morgan fingerprint density at radius 1 is 1.33 bits per heavy atom. The van der Waals surface area contributed by atoms with Crippen LogP contribution in [0.5, 0.6) is 5.88 Å². The lowest BCUT2D eigenvalue weighted by Crippen LogP contribution is -2.19. The van der Waals surface area contributed by atoms with Gasteiger partial charge >= 0.3 is 5.97 Å². The van der Waals surface area contributed by atoms with E-state index in [0.29, 0.717) is 5.69 Å². The molecule has 2 aromatic rings. The third-order valence-corrected chi connectivity index (χ3v) is 2.77. The summed E-state index contributed by atoms with van der Waals surface area (Å²) >= 11 is 0. The minimum atomic E-state index is -0.704. The third-order valence-electron chi connectivity index (χ3n) is 2.77. The summed E-state index contributed by atoms with van der Waals surface area (Å²) in [6, 6.07) is 4.84. The molecule has 6 nitrogen and oxygen atoms in total. The zero-order valence-corrected chi connectivity index (χ0v) is 11.6. The molecule has 0 aromatic carbocycles. The number of rotatable bonds is 4. The maximum atomic E-state index is 12.0. The number of nitrogens with zero attached hydrogens (tertiary/aromatic N) is 1. The first-order chi connectivity index (χ1) is 10.2. The molecule has 0 bridgehead atoms. The molecule has 21 heavy (non-hydrogen) atoms. The van der Waals surface area contributed by atoms with Gasteiger partial charge in [-0.15, -0.1) is 0 Å². The molecule has 0 saturated heterocycles. The van der Waals surface area contributed by atoms with Crippen LogP contribution >= 0.6 is 0 Å². The van der Waals surface area contributed by atoms with Crippen molar-refractivity contribution in [1.82, 2.24) is 9.97 Å². The number of aromatic nitrogens is 2. The highest BCUT2D eigenvalue weighted by molar-refractivity contribution is 5.93. The van der Waals surface area contributed by atoms with E-state index in [1.54, 1.807) is 30.6 Å². The molecule has 0 fully saturated rings. The van der Waals surface area contributed by atoms with Crippen LogP contribution in [0.2, 0.25) is 0 Å². The van der Waals surface area contributed by atoms with E-state index in [1.807, 2.05) is 6.07 Å². The second-order valence-electron chi connectivity index (χ2n) is 4.10. The van der Waals surface area contributed by atoms with E-state index in [0.717, 1.165) is 5.56 Å². The minimum absolute atomic E-state index is 0.0709. The lowest BCUT2D eigenvalue weighted by molar-refractivity contribution is 0.0598. The second-order valence-corrected chi connectivity index (χ2v) is 4.10. The van der Waals surface area contributed by atoms with Crippen molar-refractivity contribution < 1.29 is 14.3 Å². The van der Waals surface area contributed by atoms with Crippen molar-refractivity contribution in [3.05, 3.63) is 57.6 Å². The lowest BCUT2D eigenvalue weighted by atomic mass is 10.1. The molecule has 2 rings (SSSR count). The number of methoxy groups -OCH3 is 2. The van der Waals surface area contributed by atoms with Gasteiger partial charge in [0.15, 0.2) is 5.88 Å². The number of hydrogen-bond acceptors (Lipinski definition) is 5. The summed E-state index contributed by atoms with van der Waals surface area (Å²) in [7, 11) is 2.65. The molecular formula is C15H14N2O4. The van der Waals surface area contributed by atoms with Crippen LogP contribution in [0.4, 0.5) is 0 Å². The predicted molar refractivity (Wildman–Crippen MR) is 78.1 cm³/mol. The van der Waals surface area contributed by atoms with Gasteiger partial charge in [-0.05, 0) is 17.7 Å². The molecule has 2 heterocycles. The minimum Gasteiger partial charge on any atom is -0.482 e. The van der Waals surface area contributed by atoms with Gasteiger partial charge in [-0.3, -0.25) is 9.78 Å². The summed E-state index contributed by atoms with van der Waals surface area (Å²) in [6.45, 7) is 0. The number of H-pyrrole nitrogens is 1. The summed E-state index contributed by atoms with van der Waals surface area (Å²) in [6.07, 6.45) is 6.65. The summed E-state index contributed by atoms with van der Waals surface area (Å²) in [5.74, 6) is -0.441. The quantitative estimate of drug-likeness (QED) is 0.866. The summed E-state index contributed by atoms with van der Waals surface area (Å²) in [5.41, 5.74) is 0.605. The predicted octanol–water partition coefficient (Wildman–Crippen LogP) is 1.74. The SMILES string of the molecule is COC(=O)c1c(/C=C/c2cccnc2)[nH]c(OC)cc1=O. The van der Waals surface area contributed by atoms with Gasteiger partial charge in [-0.2, -0.15) is 0 Å². The third kappa shape index (κ3) is 3.36. The van der Waals surface area contributed by atoms with Crippen molar-refractivity contribution in [3.63, 3.8) is 0 Å². The van der Waals surface area contributed by atoms with E-state index in [4.69, 9.17) is 4.74 Å². The van der Waals surface area contributed by atoms with Crippen LogP contribution in [-0.4, -0.2) is 30.2 Å². The Hall–Kier alpha value is -2.89. The number of hydrogen-bond donors (Lipinski definition) is 1. The number of aromatic amines is 1. The highest BCUT2D eigenvalue weighted by Gasteiger charge is 2.16. The van der Waals surface area contributed by atoms with Crippen molar-refractivity contribution in [2.75, 3.05) is 14.2 Å². The number of carbonyl (C=O) groups excluding carboxylic acids is 1. The molecule has 0 aliphatic carbocycles. The molecule has 6 heteroatoms. The average Bonchev–Trinajstić information content (AvgIpc) is 2.52. The van der Waals surface area contributed by atoms with Gasteiger partial charge in [0.25, 0.3) is 0 Å². The number of esters is 1. The van der Waals surface area contributed by atoms with Gasteiger partial charge in [0.05, 0.1) is 19.9 Å². The first-order valence-electron chi connectivity index (χ1n) is 6.13. The molecule has 108 valence electrons. The number of nitrogens with one attached hydrogen (secondary N) is 1. The molecule has 0 atom stereocenters. The van der Waals surface area contributed by atoms with Gasteiger partial charge in [0, 0.05) is 18.5 Å². The summed E-state index contributed by atoms with van der Waals surface area (Å²) < 4.78 is 9.64. The van der Waals surface area contributed by atoms with Gasteiger partial charge < -0.3 is 14.5 Å². The van der Waals surface area contributed by atoms with Crippen LogP contribution in [0.25, 0.3) is 12.2 Å². The Labute approximate surface area is 121 Å². The van der Waals surface area contributed by atoms with Crippen molar-refractivity contribution in [3.8, 4) is 5.88 Å². The molecule has 0 saturated carbocycles. The zero-order valence-electron chi connectivity index (χ0n) is 11.6. The topological polar surface area (TPSA) is 81.3 Å². The van der Waals surface area contributed by atoms with E-state index in [1.165, 1.54) is 20.3 Å². The molecule has 0 unspecified atom stereocenters. The lowest BCUT2D eigenvalue weighted by Gasteiger charge is -2.06. The highest BCUT2D eigenvalue weighted by Crippen LogP contribution is 2.13. The van der Waals surface area contributed by atoms with Crippen molar-refractivity contribution >= 4 is 18.1 Å². The molecule has 1 N–H and O–H groups in total. The Morgan fingerprint density at radius 3 is 2.76 bits per heavy atom. The van der Waals surface area contributed by atoms with Gasteiger partial charge in [0.1, 0.15) is 5.56 Å². The summed E-state index contributed by atoms with van der Waals surface area (Å²) in [4.78, 5) is 30.6. The standard InChI is InChI=1S/C15H14N2O4/c1-20-13-8-12(18)14(15(19)21-2)11(17-13)6-5-10-4-3-7-16-9-10/h3-9H,1-2H3,(H,17,18)/b6-5+. The Morgan fingerprint density at radius 2 is 2.14 bits per heavy atom. The summed E-state index contributed by atoms with van der Waals surface area (Å²) in [5, 5.41) is 0. The normalized spacial score (nSPS) is 10.6. The molecule has 0 aliphatic rings. The molecule has 0 radical (unpaired) electrons. The van der Waals surface area contributed by atoms with E-state index < -0.39 is 11.4 Å². The van der Waals surface area contributed by atoms with Crippen LogP contribution in [0.1, 0.15) is 21.6 Å². The van der Waals surface area contributed by atoms with Crippen LogP contribution in [0.3, 0.4) is 0 Å². The van der Waals surface area contributed by atoms with Crippen LogP contribution in [-0.2, 0) is 4.74 Å². The van der Waals surface area contributed by atoms with E-state index in [2.05, 4.69) is 14.7 Å². The van der Waals surface area contributed by atoms with Crippen molar-refractivity contribution in [2.24, 2.45) is 0 Å². The fourth-order valence-electron chi connectivity index (χ4n) is 1.76. The Bertz CT molecular complexity index is 720. The molecule has 0 spiro atoms. The van der Waals surface area contributed by atoms with Crippen molar-refractivity contribution in [2.45, 2.75) is 0 Å². The fourth-order valence-corrected chi connectivity index (χ4v) is 1.76. The van der Waals surface area contributed by atoms with Gasteiger partial charge in [0.2, 0.25) is 5.43 Å². The smallest absolute Gasteiger partial charge is 0.344 e. The molecule has 0 aliphatic heterocycles. The monoisotopic (exact) mass is 286 g/mol. The number of carbonyl (C=O) groups is 1. The largest absolute Gasteiger partial charge is 0.482 e. The number of pyridine rings is 2. The van der Waals surface area contributed by atoms with E-state index in [-0.39, 0.29) is 11.4 Å². The maximum Gasteiger partial charge on any atom is 0.344 e. The van der Waals surface area contributed by atoms with Crippen molar-refractivity contribution in [1.29, 1.82) is 0 Å². The van der Waals surface area contributed by atoms with Crippen LogP contribution in [0.15, 0.2) is 35.4 Å². The maximum absolute atomic E-state index is 12.0. The van der Waals surface area contributed by atoms with Crippen LogP contribution in [0, 0.1) is 0 Å². The number of ether oxygens (including phenoxy) is 2. The van der Waals surface area contributed by atoms with E-state index >= 15 is 0 Å². The Balaban J connectivity index is 2.50. The van der Waals surface area contributed by atoms with Crippen LogP contribution < -0.4 is 10.2 Å². The first-order valence-corrected chi connectivity index (χ1v) is 6.13. The fraction of sp³-hybridized carbons (Fsp3) is 0.133. The second kappa shape index (κ2) is 6.51. The molecule has 0 amide bonds. The molecular weight excluding hydrogens is 272 g/mol. The zero-order chi connectivity index (χ0) is 15.2. The highest BCUT2D eigenvalue weighted by atomic mass is 16.5. The van der Waals surface area contributed by atoms with Gasteiger partial charge in [-0.25, -0.2) is 4.79 Å². The van der Waals surface area contributed by atoms with E-state index in [9.17, 15) is 9.59 Å².